The van der Waals surface area contributed by atoms with Crippen LogP contribution < -0.4 is 9.47 Å². The van der Waals surface area contributed by atoms with Crippen LogP contribution in [0.3, 0.4) is 0 Å². The molecule has 0 aliphatic carbocycles. The maximum Gasteiger partial charge on any atom is 0.573 e. The molecule has 0 atom stereocenters. The lowest BCUT2D eigenvalue weighted by Gasteiger charge is -2.12. The molecule has 0 radical (unpaired) electrons. The Bertz CT molecular complexity index is 1100. The van der Waals surface area contributed by atoms with E-state index in [4.69, 9.17) is 0 Å². The number of nitriles is 1. The van der Waals surface area contributed by atoms with Crippen molar-refractivity contribution in [2.45, 2.75) is 12.7 Å². The van der Waals surface area contributed by atoms with Gasteiger partial charge in [-0.1, -0.05) is 24.3 Å². The summed E-state index contributed by atoms with van der Waals surface area (Å²) in [5, 5.41) is 9.32. The normalized spacial score (nSPS) is 11.6. The monoisotopic (exact) mass is 424 g/mol. The molecule has 4 nitrogen and oxygen atoms in total. The molecular weight excluding hydrogens is 414 g/mol. The standard InChI is InChI=1S/C20H10F6N2O2/c21-19(22,23)29-15-5-1-3-12(9-15)17-8-7-14(11-27)18(28-17)13-4-2-6-16(10-13)30-20(24,25)26/h1-10H. The summed E-state index contributed by atoms with van der Waals surface area (Å²) >= 11 is 0. The second kappa shape index (κ2) is 7.94. The van der Waals surface area contributed by atoms with Gasteiger partial charge in [0.2, 0.25) is 0 Å². The fourth-order valence-corrected chi connectivity index (χ4v) is 2.62. The lowest BCUT2D eigenvalue weighted by atomic mass is 10.0. The molecule has 3 rings (SSSR count). The maximum absolute atomic E-state index is 12.5. The lowest BCUT2D eigenvalue weighted by molar-refractivity contribution is -0.275. The molecule has 0 saturated carbocycles. The summed E-state index contributed by atoms with van der Waals surface area (Å²) in [6, 6.07) is 14.6. The van der Waals surface area contributed by atoms with Gasteiger partial charge in [-0.25, -0.2) is 4.98 Å². The average molecular weight is 424 g/mol. The Labute approximate surface area is 165 Å². The second-order valence-corrected chi connectivity index (χ2v) is 5.86. The van der Waals surface area contributed by atoms with Crippen LogP contribution in [-0.2, 0) is 0 Å². The average Bonchev–Trinajstić information content (AvgIpc) is 2.65. The molecule has 30 heavy (non-hydrogen) atoms. The Morgan fingerprint density at radius 3 is 1.80 bits per heavy atom. The van der Waals surface area contributed by atoms with Gasteiger partial charge >= 0.3 is 12.7 Å². The van der Waals surface area contributed by atoms with Gasteiger partial charge in [-0.05, 0) is 36.4 Å². The van der Waals surface area contributed by atoms with Crippen LogP contribution in [0.25, 0.3) is 22.5 Å². The SMILES string of the molecule is N#Cc1ccc(-c2cccc(OC(F)(F)F)c2)nc1-c1cccc(OC(F)(F)F)c1. The molecule has 0 amide bonds. The first-order valence-electron chi connectivity index (χ1n) is 8.17. The Hall–Kier alpha value is -3.74. The first kappa shape index (κ1) is 21.0. The number of nitrogens with zero attached hydrogens (tertiary/aromatic N) is 2. The van der Waals surface area contributed by atoms with E-state index in [1.807, 2.05) is 6.07 Å². The zero-order valence-electron chi connectivity index (χ0n) is 14.8. The second-order valence-electron chi connectivity index (χ2n) is 5.86. The first-order valence-corrected chi connectivity index (χ1v) is 8.17. The van der Waals surface area contributed by atoms with Gasteiger partial charge in [0.25, 0.3) is 0 Å². The van der Waals surface area contributed by atoms with Gasteiger partial charge in [0.05, 0.1) is 17.0 Å². The van der Waals surface area contributed by atoms with Crippen molar-refractivity contribution < 1.29 is 35.8 Å². The van der Waals surface area contributed by atoms with Crippen molar-refractivity contribution in [2.24, 2.45) is 0 Å². The predicted molar refractivity (Wildman–Crippen MR) is 93.2 cm³/mol. The summed E-state index contributed by atoms with van der Waals surface area (Å²) in [5.74, 6) is -0.968. The van der Waals surface area contributed by atoms with Crippen molar-refractivity contribution >= 4 is 0 Å². The van der Waals surface area contributed by atoms with Gasteiger partial charge in [0.15, 0.2) is 0 Å². The van der Waals surface area contributed by atoms with Gasteiger partial charge in [-0.15, -0.1) is 26.3 Å². The van der Waals surface area contributed by atoms with E-state index in [0.29, 0.717) is 0 Å². The quantitative estimate of drug-likeness (QED) is 0.476. The molecule has 3 aromatic rings. The zero-order chi connectivity index (χ0) is 21.9. The van der Waals surface area contributed by atoms with E-state index < -0.39 is 24.2 Å². The van der Waals surface area contributed by atoms with E-state index in [1.54, 1.807) is 0 Å². The molecule has 0 unspecified atom stereocenters. The zero-order valence-corrected chi connectivity index (χ0v) is 14.8. The van der Waals surface area contributed by atoms with Crippen LogP contribution in [0.4, 0.5) is 26.3 Å². The van der Waals surface area contributed by atoms with E-state index in [1.165, 1.54) is 36.4 Å². The molecule has 0 aliphatic heterocycles. The molecule has 0 fully saturated rings. The lowest BCUT2D eigenvalue weighted by Crippen LogP contribution is -2.17. The molecule has 2 aromatic carbocycles. The summed E-state index contributed by atoms with van der Waals surface area (Å²) in [4.78, 5) is 4.26. The number of alkyl halides is 6. The highest BCUT2D eigenvalue weighted by molar-refractivity contribution is 5.72. The van der Waals surface area contributed by atoms with E-state index in [9.17, 15) is 31.6 Å². The predicted octanol–water partition coefficient (Wildman–Crippen LogP) is 6.08. The molecule has 154 valence electrons. The number of aromatic nitrogens is 1. The van der Waals surface area contributed by atoms with Crippen molar-refractivity contribution in [3.05, 3.63) is 66.2 Å². The highest BCUT2D eigenvalue weighted by Crippen LogP contribution is 2.32. The van der Waals surface area contributed by atoms with Crippen LogP contribution in [0, 0.1) is 11.3 Å². The minimum atomic E-state index is -4.90. The van der Waals surface area contributed by atoms with Crippen LogP contribution >= 0.6 is 0 Å². The number of hydrogen-bond acceptors (Lipinski definition) is 4. The molecule has 0 bridgehead atoms. The Morgan fingerprint density at radius 1 is 0.733 bits per heavy atom. The summed E-state index contributed by atoms with van der Waals surface area (Å²) in [7, 11) is 0. The largest absolute Gasteiger partial charge is 0.573 e. The van der Waals surface area contributed by atoms with Crippen LogP contribution in [0.1, 0.15) is 5.56 Å². The van der Waals surface area contributed by atoms with Gasteiger partial charge in [0.1, 0.15) is 17.6 Å². The van der Waals surface area contributed by atoms with Crippen molar-refractivity contribution in [1.82, 2.24) is 4.98 Å². The number of benzene rings is 2. The van der Waals surface area contributed by atoms with Crippen LogP contribution in [0.15, 0.2) is 60.7 Å². The molecular formula is C20H10F6N2O2. The van der Waals surface area contributed by atoms with Gasteiger partial charge < -0.3 is 9.47 Å². The van der Waals surface area contributed by atoms with Crippen molar-refractivity contribution in [3.8, 4) is 40.1 Å². The van der Waals surface area contributed by atoms with Crippen molar-refractivity contribution in [3.63, 3.8) is 0 Å². The van der Waals surface area contributed by atoms with Crippen LogP contribution in [0.5, 0.6) is 11.5 Å². The third-order valence-corrected chi connectivity index (χ3v) is 3.72. The number of halogens is 6. The summed E-state index contributed by atoms with van der Waals surface area (Å²) in [6.45, 7) is 0. The van der Waals surface area contributed by atoms with Gasteiger partial charge in [-0.2, -0.15) is 5.26 Å². The summed E-state index contributed by atoms with van der Waals surface area (Å²) in [5.41, 5.74) is 0.720. The molecule has 0 spiro atoms. The third-order valence-electron chi connectivity index (χ3n) is 3.72. The molecule has 0 N–H and O–H groups in total. The fraction of sp³-hybridized carbons (Fsp3) is 0.100. The fourth-order valence-electron chi connectivity index (χ4n) is 2.62. The highest BCUT2D eigenvalue weighted by Gasteiger charge is 2.32. The van der Waals surface area contributed by atoms with E-state index in [0.717, 1.165) is 24.3 Å². The molecule has 1 aromatic heterocycles. The van der Waals surface area contributed by atoms with Gasteiger partial charge in [0, 0.05) is 11.1 Å². The Kier molecular flexibility index (Phi) is 5.56. The van der Waals surface area contributed by atoms with E-state index in [-0.39, 0.29) is 28.1 Å². The molecule has 0 aliphatic rings. The van der Waals surface area contributed by atoms with Crippen LogP contribution in [0.2, 0.25) is 0 Å². The minimum Gasteiger partial charge on any atom is -0.406 e. The van der Waals surface area contributed by atoms with Crippen molar-refractivity contribution in [2.75, 3.05) is 0 Å². The molecule has 0 saturated heterocycles. The summed E-state index contributed by atoms with van der Waals surface area (Å²) in [6.07, 6.45) is -9.77. The number of pyridine rings is 1. The maximum atomic E-state index is 12.5. The molecule has 1 heterocycles. The Morgan fingerprint density at radius 2 is 1.27 bits per heavy atom. The molecule has 10 heteroatoms. The van der Waals surface area contributed by atoms with Gasteiger partial charge in [-0.3, -0.25) is 0 Å². The first-order chi connectivity index (χ1) is 14.0. The van der Waals surface area contributed by atoms with Crippen LogP contribution in [-0.4, -0.2) is 17.7 Å². The summed E-state index contributed by atoms with van der Waals surface area (Å²) < 4.78 is 82.5. The van der Waals surface area contributed by atoms with E-state index in [2.05, 4.69) is 14.5 Å². The Balaban J connectivity index is 2.03. The number of rotatable bonds is 4. The van der Waals surface area contributed by atoms with E-state index >= 15 is 0 Å². The topological polar surface area (TPSA) is 55.1 Å². The third kappa shape index (κ3) is 5.41. The number of hydrogen-bond donors (Lipinski definition) is 0. The smallest absolute Gasteiger partial charge is 0.406 e. The number of ether oxygens (including phenoxy) is 2. The van der Waals surface area contributed by atoms with Crippen molar-refractivity contribution in [1.29, 1.82) is 5.26 Å². The minimum absolute atomic E-state index is 0.0461. The highest BCUT2D eigenvalue weighted by atomic mass is 19.4.